The van der Waals surface area contributed by atoms with Gasteiger partial charge in [0.1, 0.15) is 5.54 Å². The fourth-order valence-electron chi connectivity index (χ4n) is 2.84. The van der Waals surface area contributed by atoms with Gasteiger partial charge in [0.05, 0.1) is 11.4 Å². The van der Waals surface area contributed by atoms with Crippen molar-refractivity contribution in [2.24, 2.45) is 0 Å². The van der Waals surface area contributed by atoms with Crippen LogP contribution in [0.15, 0.2) is 17.5 Å². The molecule has 1 aliphatic rings. The van der Waals surface area contributed by atoms with E-state index in [0.717, 1.165) is 19.3 Å². The van der Waals surface area contributed by atoms with E-state index in [1.165, 1.54) is 23.3 Å². The van der Waals surface area contributed by atoms with E-state index in [4.69, 9.17) is 0 Å². The number of nitrogens with one attached hydrogen (secondary N) is 1. The van der Waals surface area contributed by atoms with Crippen LogP contribution in [0.1, 0.15) is 41.8 Å². The van der Waals surface area contributed by atoms with Gasteiger partial charge in [-0.05, 0) is 24.3 Å². The quantitative estimate of drug-likeness (QED) is 0.863. The number of likely N-dealkylation sites (N-methyl/N-ethyl adjacent to an activating group) is 1. The Morgan fingerprint density at radius 1 is 1.32 bits per heavy atom. The number of carbonyl (C=O) groups excluding carboxylic acids is 2. The molecular formula is C15H20N2O4S. The van der Waals surface area contributed by atoms with E-state index in [-0.39, 0.29) is 18.4 Å². The first kappa shape index (κ1) is 16.5. The lowest BCUT2D eigenvalue weighted by molar-refractivity contribution is -0.159. The maximum Gasteiger partial charge on any atom is 0.329 e. The SMILES string of the molecule is CN(C(=O)CNC(=O)c1cccs1)C1(C(=O)O)CCCCC1. The largest absolute Gasteiger partial charge is 0.479 e. The molecule has 0 aliphatic heterocycles. The average Bonchev–Trinajstić information content (AvgIpc) is 3.06. The monoisotopic (exact) mass is 324 g/mol. The number of hydrogen-bond donors (Lipinski definition) is 2. The van der Waals surface area contributed by atoms with Crippen molar-refractivity contribution in [2.45, 2.75) is 37.6 Å². The predicted molar refractivity (Wildman–Crippen MR) is 82.9 cm³/mol. The Morgan fingerprint density at radius 2 is 2.00 bits per heavy atom. The van der Waals surface area contributed by atoms with Gasteiger partial charge in [0.15, 0.2) is 0 Å². The second-order valence-corrected chi connectivity index (χ2v) is 6.46. The molecule has 22 heavy (non-hydrogen) atoms. The number of carboxylic acid groups (broad SMARTS) is 1. The zero-order chi connectivity index (χ0) is 16.2. The van der Waals surface area contributed by atoms with E-state index in [9.17, 15) is 19.5 Å². The highest BCUT2D eigenvalue weighted by atomic mass is 32.1. The number of aliphatic carboxylic acids is 1. The molecule has 2 rings (SSSR count). The summed E-state index contributed by atoms with van der Waals surface area (Å²) < 4.78 is 0. The Kier molecular flexibility index (Phi) is 5.18. The van der Waals surface area contributed by atoms with Gasteiger partial charge in [-0.1, -0.05) is 25.3 Å². The minimum atomic E-state index is -1.14. The molecule has 1 saturated carbocycles. The van der Waals surface area contributed by atoms with Crippen LogP contribution in [0, 0.1) is 0 Å². The van der Waals surface area contributed by atoms with Crippen LogP contribution in [0.2, 0.25) is 0 Å². The van der Waals surface area contributed by atoms with Crippen LogP contribution in [0.5, 0.6) is 0 Å². The highest BCUT2D eigenvalue weighted by Gasteiger charge is 2.45. The van der Waals surface area contributed by atoms with E-state index in [2.05, 4.69) is 5.32 Å². The predicted octanol–water partition coefficient (Wildman–Crippen LogP) is 1.72. The highest BCUT2D eigenvalue weighted by Crippen LogP contribution is 2.33. The van der Waals surface area contributed by atoms with Gasteiger partial charge < -0.3 is 15.3 Å². The van der Waals surface area contributed by atoms with Gasteiger partial charge in [0, 0.05) is 7.05 Å². The highest BCUT2D eigenvalue weighted by molar-refractivity contribution is 7.12. The third kappa shape index (κ3) is 3.30. The van der Waals surface area contributed by atoms with Crippen LogP contribution in [-0.4, -0.2) is 46.9 Å². The molecule has 120 valence electrons. The molecule has 1 aliphatic carbocycles. The van der Waals surface area contributed by atoms with Gasteiger partial charge in [-0.15, -0.1) is 11.3 Å². The smallest absolute Gasteiger partial charge is 0.329 e. The molecular weight excluding hydrogens is 304 g/mol. The maximum atomic E-state index is 12.3. The number of hydrogen-bond acceptors (Lipinski definition) is 4. The Hall–Kier alpha value is -1.89. The number of carbonyl (C=O) groups is 3. The van der Waals surface area contributed by atoms with Gasteiger partial charge in [-0.2, -0.15) is 0 Å². The molecule has 0 unspecified atom stereocenters. The average molecular weight is 324 g/mol. The van der Waals surface area contributed by atoms with E-state index in [0.29, 0.717) is 17.7 Å². The normalized spacial score (nSPS) is 16.8. The second kappa shape index (κ2) is 6.91. The molecule has 7 heteroatoms. The fourth-order valence-corrected chi connectivity index (χ4v) is 3.48. The molecule has 1 fully saturated rings. The van der Waals surface area contributed by atoms with Gasteiger partial charge in [0.2, 0.25) is 5.91 Å². The zero-order valence-corrected chi connectivity index (χ0v) is 13.3. The first-order valence-corrected chi connectivity index (χ1v) is 8.17. The Balaban J connectivity index is 1.98. The van der Waals surface area contributed by atoms with Crippen LogP contribution < -0.4 is 5.32 Å². The van der Waals surface area contributed by atoms with Crippen LogP contribution in [-0.2, 0) is 9.59 Å². The van der Waals surface area contributed by atoms with E-state index < -0.39 is 11.5 Å². The maximum absolute atomic E-state index is 12.3. The lowest BCUT2D eigenvalue weighted by Crippen LogP contribution is -2.58. The van der Waals surface area contributed by atoms with E-state index >= 15 is 0 Å². The molecule has 0 saturated heterocycles. The van der Waals surface area contributed by atoms with Crippen LogP contribution >= 0.6 is 11.3 Å². The summed E-state index contributed by atoms with van der Waals surface area (Å²) in [5.74, 6) is -1.66. The number of thiophene rings is 1. The topological polar surface area (TPSA) is 86.7 Å². The van der Waals surface area contributed by atoms with Crippen LogP contribution in [0.3, 0.4) is 0 Å². The van der Waals surface area contributed by atoms with Gasteiger partial charge in [-0.25, -0.2) is 4.79 Å². The molecule has 0 aromatic carbocycles. The summed E-state index contributed by atoms with van der Waals surface area (Å²) in [6, 6.07) is 3.43. The minimum absolute atomic E-state index is 0.192. The summed E-state index contributed by atoms with van der Waals surface area (Å²) in [7, 11) is 1.51. The van der Waals surface area contributed by atoms with Crippen molar-refractivity contribution in [2.75, 3.05) is 13.6 Å². The summed E-state index contributed by atoms with van der Waals surface area (Å²) in [5.41, 5.74) is -1.14. The third-order valence-electron chi connectivity index (χ3n) is 4.24. The van der Waals surface area contributed by atoms with Crippen LogP contribution in [0.4, 0.5) is 0 Å². The standard InChI is InChI=1S/C15H20N2O4S/c1-17(15(14(20)21)7-3-2-4-8-15)12(18)10-16-13(19)11-6-5-9-22-11/h5-6,9H,2-4,7-8,10H2,1H3,(H,16,19)(H,20,21). The summed E-state index contributed by atoms with van der Waals surface area (Å²) in [5, 5.41) is 13.9. The molecule has 2 amide bonds. The molecule has 0 radical (unpaired) electrons. The molecule has 1 heterocycles. The second-order valence-electron chi connectivity index (χ2n) is 5.51. The zero-order valence-electron chi connectivity index (χ0n) is 12.5. The lowest BCUT2D eigenvalue weighted by atomic mass is 9.80. The van der Waals surface area contributed by atoms with Gasteiger partial charge in [-0.3, -0.25) is 9.59 Å². The minimum Gasteiger partial charge on any atom is -0.479 e. The third-order valence-corrected chi connectivity index (χ3v) is 5.11. The first-order chi connectivity index (χ1) is 10.5. The molecule has 0 bridgehead atoms. The Morgan fingerprint density at radius 3 is 2.55 bits per heavy atom. The molecule has 0 atom stereocenters. The Labute approximate surface area is 133 Å². The van der Waals surface area contributed by atoms with Gasteiger partial charge >= 0.3 is 5.97 Å². The van der Waals surface area contributed by atoms with E-state index in [1.54, 1.807) is 17.5 Å². The number of carboxylic acids is 1. The van der Waals surface area contributed by atoms with Crippen molar-refractivity contribution in [3.8, 4) is 0 Å². The number of rotatable bonds is 5. The molecule has 0 spiro atoms. The van der Waals surface area contributed by atoms with E-state index in [1.807, 2.05) is 0 Å². The lowest BCUT2D eigenvalue weighted by Gasteiger charge is -2.41. The van der Waals surface area contributed by atoms with Crippen molar-refractivity contribution >= 4 is 29.1 Å². The molecule has 6 nitrogen and oxygen atoms in total. The van der Waals surface area contributed by atoms with Crippen LogP contribution in [0.25, 0.3) is 0 Å². The molecule has 1 aromatic rings. The summed E-state index contributed by atoms with van der Waals surface area (Å²) in [4.78, 5) is 37.6. The van der Waals surface area contributed by atoms with Crippen molar-refractivity contribution < 1.29 is 19.5 Å². The summed E-state index contributed by atoms with van der Waals surface area (Å²) in [6.45, 7) is -0.192. The Bertz CT molecular complexity index is 550. The molecule has 1 aromatic heterocycles. The number of amides is 2. The van der Waals surface area contributed by atoms with Gasteiger partial charge in [0.25, 0.3) is 5.91 Å². The first-order valence-electron chi connectivity index (χ1n) is 7.29. The van der Waals surface area contributed by atoms with Crippen molar-refractivity contribution in [1.82, 2.24) is 10.2 Å². The summed E-state index contributed by atoms with van der Waals surface area (Å²) in [6.07, 6.45) is 3.51. The van der Waals surface area contributed by atoms with Crippen molar-refractivity contribution in [3.05, 3.63) is 22.4 Å². The molecule has 2 N–H and O–H groups in total. The fraction of sp³-hybridized carbons (Fsp3) is 0.533. The summed E-state index contributed by atoms with van der Waals surface area (Å²) >= 11 is 1.29. The number of nitrogens with zero attached hydrogens (tertiary/aromatic N) is 1. The van der Waals surface area contributed by atoms with Crippen molar-refractivity contribution in [3.63, 3.8) is 0 Å². The van der Waals surface area contributed by atoms with Crippen molar-refractivity contribution in [1.29, 1.82) is 0 Å².